The highest BCUT2D eigenvalue weighted by atomic mass is 16.5. The Labute approximate surface area is 185 Å². The molecule has 172 valence electrons. The number of amides is 2. The monoisotopic (exact) mass is 431 g/mol. The third-order valence-corrected chi connectivity index (χ3v) is 5.85. The summed E-state index contributed by atoms with van der Waals surface area (Å²) in [5.41, 5.74) is 2.99. The molecule has 7 heteroatoms. The number of carbonyl (C=O) groups is 3. The van der Waals surface area contributed by atoms with Crippen molar-refractivity contribution in [3.05, 3.63) is 28.6 Å². The molecule has 2 unspecified atom stereocenters. The van der Waals surface area contributed by atoms with Crippen LogP contribution in [-0.4, -0.2) is 41.0 Å². The van der Waals surface area contributed by atoms with Crippen LogP contribution in [0.25, 0.3) is 6.08 Å². The van der Waals surface area contributed by atoms with Crippen molar-refractivity contribution in [2.75, 3.05) is 6.61 Å². The molecule has 2 amide bonds. The second-order valence-corrected chi connectivity index (χ2v) is 8.49. The van der Waals surface area contributed by atoms with E-state index in [1.165, 1.54) is 6.08 Å². The van der Waals surface area contributed by atoms with E-state index in [2.05, 4.69) is 10.6 Å². The molecule has 1 aromatic heterocycles. The highest BCUT2D eigenvalue weighted by molar-refractivity contribution is 5.99. The van der Waals surface area contributed by atoms with Gasteiger partial charge in [0.1, 0.15) is 0 Å². The fourth-order valence-corrected chi connectivity index (χ4v) is 4.42. The minimum atomic E-state index is -0.373. The summed E-state index contributed by atoms with van der Waals surface area (Å²) in [6.07, 6.45) is 6.45. The SMILES string of the molecule is CCOC(=O)c1c(/C=C/C(=O)NC2CCCC(C(=O)NC(C)C)C2)c(C)n(CC)c1C. The van der Waals surface area contributed by atoms with Crippen LogP contribution in [0.4, 0.5) is 0 Å². The molecule has 7 nitrogen and oxygen atoms in total. The van der Waals surface area contributed by atoms with Crippen LogP contribution in [-0.2, 0) is 20.9 Å². The van der Waals surface area contributed by atoms with Crippen LogP contribution in [0.5, 0.6) is 0 Å². The lowest BCUT2D eigenvalue weighted by Crippen LogP contribution is -2.43. The molecule has 0 aromatic carbocycles. The van der Waals surface area contributed by atoms with Crippen LogP contribution in [0.1, 0.15) is 80.7 Å². The Morgan fingerprint density at radius 3 is 2.48 bits per heavy atom. The van der Waals surface area contributed by atoms with E-state index < -0.39 is 0 Å². The summed E-state index contributed by atoms with van der Waals surface area (Å²) in [5.74, 6) is -0.590. The number of rotatable bonds is 8. The van der Waals surface area contributed by atoms with Gasteiger partial charge in [-0.3, -0.25) is 9.59 Å². The standard InChI is InChI=1S/C24H37N3O4/c1-7-27-16(5)20(22(17(27)6)24(30)31-8-2)12-13-21(28)26-19-11-9-10-18(14-19)23(29)25-15(3)4/h12-13,15,18-19H,7-11,14H2,1-6H3,(H,25,29)(H,26,28)/b13-12+. The van der Waals surface area contributed by atoms with Crippen molar-refractivity contribution in [1.82, 2.24) is 15.2 Å². The zero-order valence-electron chi connectivity index (χ0n) is 19.7. The van der Waals surface area contributed by atoms with Gasteiger partial charge in [0.05, 0.1) is 12.2 Å². The third-order valence-electron chi connectivity index (χ3n) is 5.85. The second kappa shape index (κ2) is 11.2. The highest BCUT2D eigenvalue weighted by Crippen LogP contribution is 2.26. The number of carbonyl (C=O) groups excluding carboxylic acids is 3. The number of esters is 1. The van der Waals surface area contributed by atoms with Gasteiger partial charge in [-0.05, 0) is 66.9 Å². The van der Waals surface area contributed by atoms with Gasteiger partial charge in [-0.15, -0.1) is 0 Å². The molecule has 0 aliphatic heterocycles. The average molecular weight is 432 g/mol. The summed E-state index contributed by atoms with van der Waals surface area (Å²) >= 11 is 0. The quantitative estimate of drug-likeness (QED) is 0.487. The van der Waals surface area contributed by atoms with Crippen molar-refractivity contribution < 1.29 is 19.1 Å². The summed E-state index contributed by atoms with van der Waals surface area (Å²) < 4.78 is 7.27. The molecular weight excluding hydrogens is 394 g/mol. The fourth-order valence-electron chi connectivity index (χ4n) is 4.42. The van der Waals surface area contributed by atoms with Crippen LogP contribution in [0.2, 0.25) is 0 Å². The van der Waals surface area contributed by atoms with E-state index in [4.69, 9.17) is 4.74 Å². The van der Waals surface area contributed by atoms with Gasteiger partial charge in [-0.2, -0.15) is 0 Å². The highest BCUT2D eigenvalue weighted by Gasteiger charge is 2.28. The molecule has 1 aromatic rings. The molecule has 0 bridgehead atoms. The number of ether oxygens (including phenoxy) is 1. The van der Waals surface area contributed by atoms with Crippen LogP contribution in [0, 0.1) is 19.8 Å². The van der Waals surface area contributed by atoms with E-state index in [9.17, 15) is 14.4 Å². The van der Waals surface area contributed by atoms with Crippen molar-refractivity contribution >= 4 is 23.9 Å². The molecule has 0 radical (unpaired) electrons. The maximum absolute atomic E-state index is 12.6. The predicted molar refractivity (Wildman–Crippen MR) is 122 cm³/mol. The third kappa shape index (κ3) is 6.21. The summed E-state index contributed by atoms with van der Waals surface area (Å²) in [5, 5.41) is 5.99. The van der Waals surface area contributed by atoms with Gasteiger partial charge < -0.3 is 19.9 Å². The first kappa shape index (κ1) is 24.7. The maximum atomic E-state index is 12.6. The van der Waals surface area contributed by atoms with Crippen LogP contribution in [0.15, 0.2) is 6.08 Å². The molecule has 1 fully saturated rings. The van der Waals surface area contributed by atoms with E-state index in [0.717, 1.165) is 37.2 Å². The lowest BCUT2D eigenvalue weighted by Gasteiger charge is -2.29. The minimum absolute atomic E-state index is 0.0265. The number of nitrogens with zero attached hydrogens (tertiary/aromatic N) is 1. The van der Waals surface area contributed by atoms with Crippen molar-refractivity contribution in [3.8, 4) is 0 Å². The predicted octanol–water partition coefficient (Wildman–Crippen LogP) is 3.51. The molecule has 31 heavy (non-hydrogen) atoms. The van der Waals surface area contributed by atoms with Crippen molar-refractivity contribution in [2.24, 2.45) is 5.92 Å². The van der Waals surface area contributed by atoms with E-state index in [0.29, 0.717) is 24.2 Å². The van der Waals surface area contributed by atoms with Crippen LogP contribution in [0.3, 0.4) is 0 Å². The summed E-state index contributed by atoms with van der Waals surface area (Å²) in [6.45, 7) is 12.6. The second-order valence-electron chi connectivity index (χ2n) is 8.49. The Balaban J connectivity index is 2.11. The van der Waals surface area contributed by atoms with E-state index >= 15 is 0 Å². The smallest absolute Gasteiger partial charge is 0.340 e. The summed E-state index contributed by atoms with van der Waals surface area (Å²) in [6, 6.07) is 0.0857. The van der Waals surface area contributed by atoms with Gasteiger partial charge in [-0.1, -0.05) is 6.42 Å². The zero-order chi connectivity index (χ0) is 23.1. The minimum Gasteiger partial charge on any atom is -0.462 e. The first-order chi connectivity index (χ1) is 14.7. The van der Waals surface area contributed by atoms with Gasteiger partial charge in [0.25, 0.3) is 0 Å². The van der Waals surface area contributed by atoms with Crippen LogP contribution >= 0.6 is 0 Å². The Bertz CT molecular complexity index is 838. The van der Waals surface area contributed by atoms with E-state index in [1.54, 1.807) is 13.0 Å². The van der Waals surface area contributed by atoms with Gasteiger partial charge >= 0.3 is 5.97 Å². The van der Waals surface area contributed by atoms with Gasteiger partial charge in [0, 0.05) is 47.6 Å². The Kier molecular flexibility index (Phi) is 8.89. The lowest BCUT2D eigenvalue weighted by molar-refractivity contribution is -0.127. The Morgan fingerprint density at radius 2 is 1.87 bits per heavy atom. The zero-order valence-corrected chi connectivity index (χ0v) is 19.7. The number of hydrogen-bond donors (Lipinski definition) is 2. The normalized spacial score (nSPS) is 18.9. The molecule has 1 aliphatic carbocycles. The van der Waals surface area contributed by atoms with Gasteiger partial charge in [0.15, 0.2) is 0 Å². The maximum Gasteiger partial charge on any atom is 0.340 e. The van der Waals surface area contributed by atoms with Crippen LogP contribution < -0.4 is 10.6 Å². The van der Waals surface area contributed by atoms with Crippen molar-refractivity contribution in [1.29, 1.82) is 0 Å². The van der Waals surface area contributed by atoms with Crippen molar-refractivity contribution in [3.63, 3.8) is 0 Å². The van der Waals surface area contributed by atoms with Crippen molar-refractivity contribution in [2.45, 2.75) is 85.9 Å². The first-order valence-corrected chi connectivity index (χ1v) is 11.3. The average Bonchev–Trinajstić information content (AvgIpc) is 2.95. The van der Waals surface area contributed by atoms with Gasteiger partial charge in [0.2, 0.25) is 11.8 Å². The topological polar surface area (TPSA) is 89.4 Å². The van der Waals surface area contributed by atoms with E-state index in [-0.39, 0.29) is 35.8 Å². The largest absolute Gasteiger partial charge is 0.462 e. The van der Waals surface area contributed by atoms with E-state index in [1.807, 2.05) is 39.2 Å². The Morgan fingerprint density at radius 1 is 1.16 bits per heavy atom. The molecule has 2 atom stereocenters. The lowest BCUT2D eigenvalue weighted by atomic mass is 9.85. The molecule has 0 spiro atoms. The molecule has 1 heterocycles. The molecule has 2 rings (SSSR count). The molecule has 1 saturated carbocycles. The molecular formula is C24H37N3O4. The number of aromatic nitrogens is 1. The van der Waals surface area contributed by atoms with Gasteiger partial charge in [-0.25, -0.2) is 4.79 Å². The number of hydrogen-bond acceptors (Lipinski definition) is 4. The summed E-state index contributed by atoms with van der Waals surface area (Å²) in [4.78, 5) is 37.4. The fraction of sp³-hybridized carbons (Fsp3) is 0.625. The summed E-state index contributed by atoms with van der Waals surface area (Å²) in [7, 11) is 0. The first-order valence-electron chi connectivity index (χ1n) is 11.3. The molecule has 1 aliphatic rings. The molecule has 2 N–H and O–H groups in total. The number of nitrogens with one attached hydrogen (secondary N) is 2. The molecule has 0 saturated heterocycles. The Hall–Kier alpha value is -2.57.